The summed E-state index contributed by atoms with van der Waals surface area (Å²) in [5.41, 5.74) is 5.50. The van der Waals surface area contributed by atoms with Crippen molar-refractivity contribution < 1.29 is 9.90 Å². The lowest BCUT2D eigenvalue weighted by Crippen LogP contribution is -2.39. The first-order valence-corrected chi connectivity index (χ1v) is 7.33. The maximum atomic E-state index is 11.8. The van der Waals surface area contributed by atoms with Crippen molar-refractivity contribution in [1.82, 2.24) is 15.2 Å². The summed E-state index contributed by atoms with van der Waals surface area (Å²) in [5.74, 6) is 0.427. The number of rotatable bonds is 5. The summed E-state index contributed by atoms with van der Waals surface area (Å²) in [5, 5.41) is 12.2. The number of aliphatic hydroxyl groups is 1. The summed E-state index contributed by atoms with van der Waals surface area (Å²) in [4.78, 5) is 18.5. The van der Waals surface area contributed by atoms with E-state index in [1.165, 1.54) is 17.5 Å². The van der Waals surface area contributed by atoms with Gasteiger partial charge in [-0.1, -0.05) is 11.3 Å². The Morgan fingerprint density at radius 1 is 1.58 bits per heavy atom. The normalized spacial score (nSPS) is 17.5. The molecule has 1 aromatic heterocycles. The molecule has 0 radical (unpaired) electrons. The molecule has 4 N–H and O–H groups in total. The summed E-state index contributed by atoms with van der Waals surface area (Å²) in [6.07, 6.45) is 3.63. The molecule has 1 aliphatic heterocycles. The van der Waals surface area contributed by atoms with E-state index in [9.17, 15) is 4.79 Å². The van der Waals surface area contributed by atoms with E-state index in [2.05, 4.69) is 15.2 Å². The minimum absolute atomic E-state index is 0.0908. The molecule has 1 saturated heterocycles. The number of piperidine rings is 1. The van der Waals surface area contributed by atoms with Crippen LogP contribution in [0.3, 0.4) is 0 Å². The van der Waals surface area contributed by atoms with Crippen molar-refractivity contribution in [1.29, 1.82) is 0 Å². The highest BCUT2D eigenvalue weighted by Crippen LogP contribution is 2.17. The van der Waals surface area contributed by atoms with Crippen molar-refractivity contribution in [3.8, 4) is 0 Å². The number of nitrogens with two attached hydrogens (primary N) is 1. The molecule has 1 aromatic rings. The van der Waals surface area contributed by atoms with Crippen LogP contribution in [-0.4, -0.2) is 53.7 Å². The Balaban J connectivity index is 1.70. The molecule has 6 nitrogen and oxygen atoms in total. The van der Waals surface area contributed by atoms with Gasteiger partial charge in [0.15, 0.2) is 5.13 Å². The molecular weight excluding hydrogens is 264 g/mol. The highest BCUT2D eigenvalue weighted by Gasteiger charge is 2.19. The maximum Gasteiger partial charge on any atom is 0.263 e. The molecular formula is C12H20N4O2S. The number of anilines is 1. The monoisotopic (exact) mass is 284 g/mol. The smallest absolute Gasteiger partial charge is 0.263 e. The Kier molecular flexibility index (Phi) is 5.12. The van der Waals surface area contributed by atoms with Gasteiger partial charge in [0.1, 0.15) is 4.88 Å². The fraction of sp³-hybridized carbons (Fsp3) is 0.667. The molecule has 0 aliphatic carbocycles. The van der Waals surface area contributed by atoms with E-state index in [-0.39, 0.29) is 12.5 Å². The Morgan fingerprint density at radius 2 is 2.32 bits per heavy atom. The van der Waals surface area contributed by atoms with E-state index in [0.717, 1.165) is 32.5 Å². The molecule has 19 heavy (non-hydrogen) atoms. The minimum atomic E-state index is -0.0908. The van der Waals surface area contributed by atoms with Crippen LogP contribution in [0.15, 0.2) is 6.20 Å². The van der Waals surface area contributed by atoms with Crippen LogP contribution in [0.5, 0.6) is 0 Å². The fourth-order valence-corrected chi connectivity index (χ4v) is 2.87. The van der Waals surface area contributed by atoms with E-state index >= 15 is 0 Å². The average molecular weight is 284 g/mol. The van der Waals surface area contributed by atoms with Gasteiger partial charge >= 0.3 is 0 Å². The predicted octanol–water partition coefficient (Wildman–Crippen LogP) is 0.159. The second-order valence-electron chi connectivity index (χ2n) is 4.78. The van der Waals surface area contributed by atoms with E-state index in [0.29, 0.717) is 22.5 Å². The number of aliphatic hydroxyl groups excluding tert-OH is 1. The lowest BCUT2D eigenvalue weighted by atomic mass is 9.97. The van der Waals surface area contributed by atoms with Crippen LogP contribution >= 0.6 is 11.3 Å². The summed E-state index contributed by atoms with van der Waals surface area (Å²) < 4.78 is 0. The van der Waals surface area contributed by atoms with Crippen LogP contribution in [0, 0.1) is 5.92 Å². The number of carbonyl (C=O) groups excluding carboxylic acids is 1. The van der Waals surface area contributed by atoms with Crippen LogP contribution in [0.4, 0.5) is 5.13 Å². The highest BCUT2D eigenvalue weighted by molar-refractivity contribution is 7.17. The van der Waals surface area contributed by atoms with Crippen LogP contribution < -0.4 is 11.1 Å². The molecule has 106 valence electrons. The SMILES string of the molecule is Nc1ncc(C(=O)NCC2CCN(CCO)CC2)s1. The maximum absolute atomic E-state index is 11.8. The lowest BCUT2D eigenvalue weighted by molar-refractivity contribution is 0.0936. The molecule has 2 heterocycles. The van der Waals surface area contributed by atoms with E-state index < -0.39 is 0 Å². The van der Waals surface area contributed by atoms with Gasteiger partial charge in [0.05, 0.1) is 12.8 Å². The molecule has 1 aliphatic rings. The third-order valence-electron chi connectivity index (χ3n) is 3.42. The number of β-amino-alcohol motifs (C(OH)–C–C–N with tert-alkyl or cyclic N) is 1. The second-order valence-corrected chi connectivity index (χ2v) is 5.84. The van der Waals surface area contributed by atoms with Gasteiger partial charge < -0.3 is 21.1 Å². The van der Waals surface area contributed by atoms with Crippen molar-refractivity contribution >= 4 is 22.4 Å². The first-order chi connectivity index (χ1) is 9.19. The van der Waals surface area contributed by atoms with Crippen molar-refractivity contribution in [2.45, 2.75) is 12.8 Å². The molecule has 7 heteroatoms. The van der Waals surface area contributed by atoms with Gasteiger partial charge in [-0.05, 0) is 31.8 Å². The quantitative estimate of drug-likeness (QED) is 0.716. The molecule has 0 spiro atoms. The summed E-state index contributed by atoms with van der Waals surface area (Å²) in [6, 6.07) is 0. The van der Waals surface area contributed by atoms with Gasteiger partial charge in [-0.2, -0.15) is 0 Å². The number of carbonyl (C=O) groups is 1. The summed E-state index contributed by atoms with van der Waals surface area (Å²) in [7, 11) is 0. The number of nitrogen functional groups attached to an aromatic ring is 1. The molecule has 0 saturated carbocycles. The van der Waals surface area contributed by atoms with Crippen molar-refractivity contribution in [2.75, 3.05) is 38.5 Å². The van der Waals surface area contributed by atoms with Crippen molar-refractivity contribution in [3.63, 3.8) is 0 Å². The summed E-state index contributed by atoms with van der Waals surface area (Å²) in [6.45, 7) is 3.65. The standard InChI is InChI=1S/C12H20N4O2S/c13-12-15-8-10(19-12)11(18)14-7-9-1-3-16(4-2-9)5-6-17/h8-9,17H,1-7H2,(H2,13,15)(H,14,18). The second kappa shape index (κ2) is 6.83. The number of hydrogen-bond donors (Lipinski definition) is 3. The van der Waals surface area contributed by atoms with E-state index in [4.69, 9.17) is 10.8 Å². The lowest BCUT2D eigenvalue weighted by Gasteiger charge is -2.31. The average Bonchev–Trinajstić information content (AvgIpc) is 2.85. The summed E-state index contributed by atoms with van der Waals surface area (Å²) >= 11 is 1.21. The zero-order chi connectivity index (χ0) is 13.7. The van der Waals surface area contributed by atoms with E-state index in [1.807, 2.05) is 0 Å². The van der Waals surface area contributed by atoms with Gasteiger partial charge in [-0.25, -0.2) is 4.98 Å². The number of nitrogens with zero attached hydrogens (tertiary/aromatic N) is 2. The van der Waals surface area contributed by atoms with Gasteiger partial charge in [-0.3, -0.25) is 4.79 Å². The number of amides is 1. The minimum Gasteiger partial charge on any atom is -0.395 e. The zero-order valence-electron chi connectivity index (χ0n) is 10.8. The Labute approximate surface area is 116 Å². The number of thiazole rings is 1. The van der Waals surface area contributed by atoms with Crippen LogP contribution in [0.2, 0.25) is 0 Å². The first-order valence-electron chi connectivity index (χ1n) is 6.51. The fourth-order valence-electron chi connectivity index (χ4n) is 2.27. The molecule has 0 aromatic carbocycles. The first kappa shape index (κ1) is 14.2. The van der Waals surface area contributed by atoms with Crippen LogP contribution in [-0.2, 0) is 0 Å². The molecule has 1 fully saturated rings. The van der Waals surface area contributed by atoms with Gasteiger partial charge in [0.25, 0.3) is 5.91 Å². The van der Waals surface area contributed by atoms with Gasteiger partial charge in [0, 0.05) is 13.1 Å². The van der Waals surface area contributed by atoms with Crippen LogP contribution in [0.1, 0.15) is 22.5 Å². The Morgan fingerprint density at radius 3 is 2.89 bits per heavy atom. The molecule has 0 bridgehead atoms. The van der Waals surface area contributed by atoms with Crippen molar-refractivity contribution in [2.24, 2.45) is 5.92 Å². The topological polar surface area (TPSA) is 91.5 Å². The number of nitrogens with one attached hydrogen (secondary N) is 1. The number of aromatic nitrogens is 1. The highest BCUT2D eigenvalue weighted by atomic mass is 32.1. The zero-order valence-corrected chi connectivity index (χ0v) is 11.7. The Hall–Kier alpha value is -1.18. The number of hydrogen-bond acceptors (Lipinski definition) is 6. The third kappa shape index (κ3) is 4.15. The molecule has 1 amide bonds. The molecule has 2 rings (SSSR count). The van der Waals surface area contributed by atoms with Crippen LogP contribution in [0.25, 0.3) is 0 Å². The number of likely N-dealkylation sites (tertiary alicyclic amines) is 1. The molecule has 0 atom stereocenters. The van der Waals surface area contributed by atoms with E-state index in [1.54, 1.807) is 0 Å². The predicted molar refractivity (Wildman–Crippen MR) is 75.1 cm³/mol. The molecule has 0 unspecified atom stereocenters. The largest absolute Gasteiger partial charge is 0.395 e. The van der Waals surface area contributed by atoms with Gasteiger partial charge in [0.2, 0.25) is 0 Å². The van der Waals surface area contributed by atoms with Crippen molar-refractivity contribution in [3.05, 3.63) is 11.1 Å². The van der Waals surface area contributed by atoms with Gasteiger partial charge in [-0.15, -0.1) is 0 Å². The Bertz CT molecular complexity index is 416. The third-order valence-corrected chi connectivity index (χ3v) is 4.25.